The number of hydrogen-bond donors (Lipinski definition) is 2. The average molecular weight is 383 g/mol. The second kappa shape index (κ2) is 11.4. The minimum atomic E-state index is -1.60. The Hall–Kier alpha value is -1.29. The van der Waals surface area contributed by atoms with Crippen LogP contribution in [0.1, 0.15) is 58.3 Å². The summed E-state index contributed by atoms with van der Waals surface area (Å²) in [6.45, 7) is 2.06. The van der Waals surface area contributed by atoms with Gasteiger partial charge in [0.2, 0.25) is 0 Å². The number of allylic oxidation sites excluding steroid dienone is 1. The molecule has 0 heterocycles. The SMILES string of the molecule is CCCCC#CC1(O)C=C(SC)C(=O)C1C(O)CCCCCC(=O)OC. The summed E-state index contributed by atoms with van der Waals surface area (Å²) in [7, 11) is 1.36. The number of esters is 1. The van der Waals surface area contributed by atoms with Gasteiger partial charge in [0.25, 0.3) is 0 Å². The molecule has 146 valence electrons. The highest BCUT2D eigenvalue weighted by molar-refractivity contribution is 8.03. The maximum Gasteiger partial charge on any atom is 0.305 e. The van der Waals surface area contributed by atoms with E-state index in [0.29, 0.717) is 37.0 Å². The second-order valence-corrected chi connectivity index (χ2v) is 7.38. The number of methoxy groups -OCH3 is 1. The lowest BCUT2D eigenvalue weighted by Gasteiger charge is -2.27. The van der Waals surface area contributed by atoms with E-state index < -0.39 is 17.6 Å². The molecule has 0 aliphatic heterocycles. The van der Waals surface area contributed by atoms with Gasteiger partial charge in [0.15, 0.2) is 11.4 Å². The van der Waals surface area contributed by atoms with Gasteiger partial charge in [0.05, 0.1) is 24.0 Å². The fraction of sp³-hybridized carbons (Fsp3) is 0.700. The topological polar surface area (TPSA) is 83.8 Å². The van der Waals surface area contributed by atoms with E-state index in [4.69, 9.17) is 0 Å². The van der Waals surface area contributed by atoms with Crippen LogP contribution < -0.4 is 0 Å². The Labute approximate surface area is 160 Å². The lowest BCUT2D eigenvalue weighted by molar-refractivity contribution is -0.140. The molecule has 1 rings (SSSR count). The van der Waals surface area contributed by atoms with E-state index in [0.717, 1.165) is 19.3 Å². The Morgan fingerprint density at radius 2 is 2.12 bits per heavy atom. The largest absolute Gasteiger partial charge is 0.469 e. The third-order valence-electron chi connectivity index (χ3n) is 4.51. The first kappa shape index (κ1) is 22.8. The molecule has 0 spiro atoms. The summed E-state index contributed by atoms with van der Waals surface area (Å²) in [5, 5.41) is 21.4. The first-order valence-corrected chi connectivity index (χ1v) is 10.4. The van der Waals surface area contributed by atoms with Crippen LogP contribution in [0, 0.1) is 17.8 Å². The number of carbonyl (C=O) groups excluding carboxylic acids is 2. The summed E-state index contributed by atoms with van der Waals surface area (Å²) in [4.78, 5) is 24.1. The number of Topliss-reactive ketones (excluding diaryl/α,β-unsaturated/α-hetero) is 1. The van der Waals surface area contributed by atoms with Crippen LogP contribution in [0.3, 0.4) is 0 Å². The zero-order valence-corrected chi connectivity index (χ0v) is 16.7. The van der Waals surface area contributed by atoms with Crippen molar-refractivity contribution in [1.82, 2.24) is 0 Å². The van der Waals surface area contributed by atoms with Gasteiger partial charge in [-0.1, -0.05) is 38.0 Å². The number of carbonyl (C=O) groups is 2. The third-order valence-corrected chi connectivity index (χ3v) is 5.27. The van der Waals surface area contributed by atoms with Crippen LogP contribution in [0.5, 0.6) is 0 Å². The van der Waals surface area contributed by atoms with Crippen molar-refractivity contribution in [2.75, 3.05) is 13.4 Å². The summed E-state index contributed by atoms with van der Waals surface area (Å²) in [5.41, 5.74) is -1.60. The van der Waals surface area contributed by atoms with E-state index >= 15 is 0 Å². The van der Waals surface area contributed by atoms with Crippen LogP contribution in [-0.4, -0.2) is 47.0 Å². The lowest BCUT2D eigenvalue weighted by atomic mass is 9.83. The highest BCUT2D eigenvalue weighted by Gasteiger charge is 2.49. The van der Waals surface area contributed by atoms with Gasteiger partial charge in [-0.25, -0.2) is 0 Å². The van der Waals surface area contributed by atoms with Gasteiger partial charge >= 0.3 is 5.97 Å². The minimum Gasteiger partial charge on any atom is -0.469 e. The van der Waals surface area contributed by atoms with Gasteiger partial charge < -0.3 is 14.9 Å². The number of rotatable bonds is 10. The van der Waals surface area contributed by atoms with Crippen molar-refractivity contribution in [2.24, 2.45) is 5.92 Å². The molecular formula is C20H30O5S. The van der Waals surface area contributed by atoms with Crippen LogP contribution in [0.2, 0.25) is 0 Å². The molecule has 0 fully saturated rings. The Bertz CT molecular complexity index is 574. The summed E-state index contributed by atoms with van der Waals surface area (Å²) in [6.07, 6.45) is 7.71. The molecule has 1 aliphatic carbocycles. The number of thioether (sulfide) groups is 1. The van der Waals surface area contributed by atoms with Crippen LogP contribution >= 0.6 is 11.8 Å². The monoisotopic (exact) mass is 382 g/mol. The lowest BCUT2D eigenvalue weighted by Crippen LogP contribution is -2.42. The molecule has 0 saturated carbocycles. The van der Waals surface area contributed by atoms with Crippen molar-refractivity contribution < 1.29 is 24.5 Å². The normalized spacial score (nSPS) is 23.2. The highest BCUT2D eigenvalue weighted by atomic mass is 32.2. The highest BCUT2D eigenvalue weighted by Crippen LogP contribution is 2.38. The Balaban J connectivity index is 2.68. The molecule has 3 unspecified atom stereocenters. The maximum absolute atomic E-state index is 12.6. The first-order chi connectivity index (χ1) is 12.4. The molecule has 0 amide bonds. The van der Waals surface area contributed by atoms with Crippen LogP contribution in [0.4, 0.5) is 0 Å². The first-order valence-electron chi connectivity index (χ1n) is 9.18. The van der Waals surface area contributed by atoms with Crippen molar-refractivity contribution in [2.45, 2.75) is 70.0 Å². The number of ketones is 1. The molecule has 6 heteroatoms. The van der Waals surface area contributed by atoms with Crippen molar-refractivity contribution in [3.05, 3.63) is 11.0 Å². The predicted octanol–water partition coefficient (Wildman–Crippen LogP) is 2.84. The fourth-order valence-corrected chi connectivity index (χ4v) is 3.62. The van der Waals surface area contributed by atoms with E-state index in [-0.39, 0.29) is 11.8 Å². The number of aliphatic hydroxyl groups excluding tert-OH is 1. The Morgan fingerprint density at radius 1 is 1.38 bits per heavy atom. The van der Waals surface area contributed by atoms with Crippen molar-refractivity contribution in [3.8, 4) is 11.8 Å². The standard InChI is InChI=1S/C20H30O5S/c1-4-5-6-10-13-20(24)14-16(26-3)19(23)18(20)15(21)11-8-7-9-12-17(22)25-2/h14-15,18,21,24H,4-9,11-12H2,1-3H3. The minimum absolute atomic E-state index is 0.244. The number of hydrogen-bond acceptors (Lipinski definition) is 6. The van der Waals surface area contributed by atoms with Crippen LogP contribution in [-0.2, 0) is 14.3 Å². The van der Waals surface area contributed by atoms with Crippen molar-refractivity contribution in [1.29, 1.82) is 0 Å². The summed E-state index contributed by atoms with van der Waals surface area (Å²) in [5.74, 6) is 4.33. The van der Waals surface area contributed by atoms with Gasteiger partial charge in [-0.15, -0.1) is 11.8 Å². The molecule has 0 aromatic carbocycles. The molecule has 0 bridgehead atoms. The number of aliphatic hydroxyl groups is 2. The molecule has 5 nitrogen and oxygen atoms in total. The molecule has 2 N–H and O–H groups in total. The third kappa shape index (κ3) is 6.46. The Morgan fingerprint density at radius 3 is 2.73 bits per heavy atom. The molecular weight excluding hydrogens is 352 g/mol. The molecule has 0 saturated heterocycles. The van der Waals surface area contributed by atoms with E-state index in [1.54, 1.807) is 6.26 Å². The molecule has 0 aromatic rings. The van der Waals surface area contributed by atoms with Crippen molar-refractivity contribution in [3.63, 3.8) is 0 Å². The van der Waals surface area contributed by atoms with Crippen LogP contribution in [0.25, 0.3) is 0 Å². The van der Waals surface area contributed by atoms with Gasteiger partial charge in [-0.2, -0.15) is 0 Å². The van der Waals surface area contributed by atoms with Gasteiger partial charge in [0, 0.05) is 12.8 Å². The van der Waals surface area contributed by atoms with E-state index in [1.807, 2.05) is 0 Å². The van der Waals surface area contributed by atoms with Gasteiger partial charge in [-0.3, -0.25) is 9.59 Å². The van der Waals surface area contributed by atoms with Gasteiger partial charge in [-0.05, 0) is 31.6 Å². The van der Waals surface area contributed by atoms with Crippen molar-refractivity contribution >= 4 is 23.5 Å². The number of ether oxygens (including phenoxy) is 1. The fourth-order valence-electron chi connectivity index (χ4n) is 2.99. The van der Waals surface area contributed by atoms with E-state index in [9.17, 15) is 19.8 Å². The average Bonchev–Trinajstić information content (AvgIpc) is 2.88. The second-order valence-electron chi connectivity index (χ2n) is 6.53. The maximum atomic E-state index is 12.6. The van der Waals surface area contributed by atoms with Crippen LogP contribution in [0.15, 0.2) is 11.0 Å². The smallest absolute Gasteiger partial charge is 0.305 e. The predicted molar refractivity (Wildman–Crippen MR) is 103 cm³/mol. The summed E-state index contributed by atoms with van der Waals surface area (Å²) in [6, 6.07) is 0. The molecule has 0 radical (unpaired) electrons. The zero-order valence-electron chi connectivity index (χ0n) is 15.9. The molecule has 0 aromatic heterocycles. The van der Waals surface area contributed by atoms with Gasteiger partial charge in [0.1, 0.15) is 0 Å². The zero-order chi connectivity index (χ0) is 19.6. The molecule has 26 heavy (non-hydrogen) atoms. The summed E-state index contributed by atoms with van der Waals surface area (Å²) < 4.78 is 4.59. The van der Waals surface area contributed by atoms with E-state index in [1.165, 1.54) is 24.9 Å². The molecule has 3 atom stereocenters. The number of unbranched alkanes of at least 4 members (excludes halogenated alkanes) is 4. The quantitative estimate of drug-likeness (QED) is 0.343. The van der Waals surface area contributed by atoms with E-state index in [2.05, 4.69) is 23.5 Å². The Kier molecular flexibility index (Phi) is 10.0. The summed E-state index contributed by atoms with van der Waals surface area (Å²) >= 11 is 1.27. The molecule has 1 aliphatic rings.